The van der Waals surface area contributed by atoms with Crippen molar-refractivity contribution in [1.29, 1.82) is 0 Å². The van der Waals surface area contributed by atoms with E-state index in [1.165, 1.54) is 0 Å². The molecule has 0 saturated carbocycles. The van der Waals surface area contributed by atoms with Crippen molar-refractivity contribution < 1.29 is 5.11 Å². The molecule has 2 atom stereocenters. The van der Waals surface area contributed by atoms with Crippen molar-refractivity contribution in [3.8, 4) is 0 Å². The Morgan fingerprint density at radius 3 is 2.20 bits per heavy atom. The Morgan fingerprint density at radius 1 is 1.33 bits per heavy atom. The Morgan fingerprint density at radius 2 is 1.87 bits per heavy atom. The van der Waals surface area contributed by atoms with Crippen LogP contribution in [0.5, 0.6) is 0 Å². The van der Waals surface area contributed by atoms with Gasteiger partial charge in [-0.3, -0.25) is 4.90 Å². The molecular weight excluding hydrogens is 186 g/mol. The number of hydrogen-bond donors (Lipinski definition) is 1. The maximum atomic E-state index is 10.2. The Bertz CT molecular complexity index is 177. The first-order chi connectivity index (χ1) is 7.06. The van der Waals surface area contributed by atoms with Crippen LogP contribution in [0.4, 0.5) is 0 Å². The van der Waals surface area contributed by atoms with Gasteiger partial charge in [-0.25, -0.2) is 0 Å². The Hall–Kier alpha value is -0.340. The molecule has 0 fully saturated rings. The second-order valence-electron chi connectivity index (χ2n) is 4.26. The van der Waals surface area contributed by atoms with Crippen LogP contribution in [0.15, 0.2) is 12.7 Å². The summed E-state index contributed by atoms with van der Waals surface area (Å²) in [6.45, 7) is 14.3. The summed E-state index contributed by atoms with van der Waals surface area (Å²) >= 11 is 0. The molecule has 0 saturated heterocycles. The van der Waals surface area contributed by atoms with E-state index in [1.807, 2.05) is 6.08 Å². The quantitative estimate of drug-likeness (QED) is 0.627. The van der Waals surface area contributed by atoms with Crippen LogP contribution in [-0.4, -0.2) is 34.7 Å². The van der Waals surface area contributed by atoms with Gasteiger partial charge in [-0.2, -0.15) is 0 Å². The van der Waals surface area contributed by atoms with Crippen molar-refractivity contribution in [1.82, 2.24) is 4.90 Å². The predicted molar refractivity (Wildman–Crippen MR) is 67.1 cm³/mol. The molecule has 2 heteroatoms. The van der Waals surface area contributed by atoms with Crippen LogP contribution in [0.1, 0.15) is 47.0 Å². The maximum absolute atomic E-state index is 10.2. The number of aliphatic hydroxyl groups is 1. The monoisotopic (exact) mass is 213 g/mol. The molecule has 0 aromatic carbocycles. The molecule has 0 rings (SSSR count). The summed E-state index contributed by atoms with van der Waals surface area (Å²) < 4.78 is 0. The van der Waals surface area contributed by atoms with E-state index >= 15 is 0 Å². The highest BCUT2D eigenvalue weighted by Gasteiger charge is 2.35. The van der Waals surface area contributed by atoms with E-state index < -0.39 is 0 Å². The Labute approximate surface area is 95.0 Å². The van der Waals surface area contributed by atoms with Gasteiger partial charge in [-0.1, -0.05) is 26.8 Å². The lowest BCUT2D eigenvalue weighted by atomic mass is 9.86. The molecule has 0 aliphatic rings. The predicted octanol–water partition coefficient (Wildman–Crippen LogP) is 2.82. The lowest BCUT2D eigenvalue weighted by molar-refractivity contribution is -0.0231. The molecule has 0 radical (unpaired) electrons. The van der Waals surface area contributed by atoms with Gasteiger partial charge < -0.3 is 5.11 Å². The molecule has 90 valence electrons. The third-order valence-corrected chi connectivity index (χ3v) is 3.56. The molecule has 0 bridgehead atoms. The molecule has 15 heavy (non-hydrogen) atoms. The number of rotatable bonds is 8. The van der Waals surface area contributed by atoms with Gasteiger partial charge in [-0.05, 0) is 39.3 Å². The standard InChI is InChI=1S/C13H27NO/c1-6-10-11-12(15)13(5,7-2)14(8-3)9-4/h6,12,15H,1,7-11H2,2-5H3. The fourth-order valence-corrected chi connectivity index (χ4v) is 2.20. The lowest BCUT2D eigenvalue weighted by Gasteiger charge is -2.43. The topological polar surface area (TPSA) is 23.5 Å². The average Bonchev–Trinajstić information content (AvgIpc) is 2.26. The smallest absolute Gasteiger partial charge is 0.0724 e. The van der Waals surface area contributed by atoms with E-state index in [2.05, 4.69) is 39.2 Å². The van der Waals surface area contributed by atoms with Crippen molar-refractivity contribution in [2.45, 2.75) is 58.6 Å². The first kappa shape index (κ1) is 14.7. The third-order valence-electron chi connectivity index (χ3n) is 3.56. The molecule has 0 amide bonds. The highest BCUT2D eigenvalue weighted by atomic mass is 16.3. The van der Waals surface area contributed by atoms with Gasteiger partial charge in [0.05, 0.1) is 6.10 Å². The third kappa shape index (κ3) is 3.62. The van der Waals surface area contributed by atoms with Gasteiger partial charge in [0.1, 0.15) is 0 Å². The van der Waals surface area contributed by atoms with Crippen LogP contribution < -0.4 is 0 Å². The number of likely N-dealkylation sites (N-methyl/N-ethyl adjacent to an activating group) is 1. The first-order valence-corrected chi connectivity index (χ1v) is 6.10. The minimum Gasteiger partial charge on any atom is -0.391 e. The van der Waals surface area contributed by atoms with Crippen LogP contribution in [0.25, 0.3) is 0 Å². The van der Waals surface area contributed by atoms with E-state index in [0.29, 0.717) is 0 Å². The van der Waals surface area contributed by atoms with Crippen molar-refractivity contribution in [2.75, 3.05) is 13.1 Å². The van der Waals surface area contributed by atoms with Gasteiger partial charge >= 0.3 is 0 Å². The molecule has 0 aromatic heterocycles. The SMILES string of the molecule is C=CCCC(O)C(C)(CC)N(CC)CC. The molecule has 0 aliphatic heterocycles. The molecule has 1 N–H and O–H groups in total. The average molecular weight is 213 g/mol. The molecule has 0 heterocycles. The number of allylic oxidation sites excluding steroid dienone is 1. The van der Waals surface area contributed by atoms with Crippen LogP contribution in [-0.2, 0) is 0 Å². The van der Waals surface area contributed by atoms with E-state index in [-0.39, 0.29) is 11.6 Å². The van der Waals surface area contributed by atoms with E-state index in [0.717, 1.165) is 32.4 Å². The first-order valence-electron chi connectivity index (χ1n) is 6.10. The number of aliphatic hydroxyl groups excluding tert-OH is 1. The highest BCUT2D eigenvalue weighted by molar-refractivity contribution is 4.92. The normalized spacial score (nSPS) is 17.5. The van der Waals surface area contributed by atoms with Crippen LogP contribution in [0.3, 0.4) is 0 Å². The van der Waals surface area contributed by atoms with E-state index in [9.17, 15) is 5.11 Å². The summed E-state index contributed by atoms with van der Waals surface area (Å²) in [5, 5.41) is 10.2. The largest absolute Gasteiger partial charge is 0.391 e. The summed E-state index contributed by atoms with van der Waals surface area (Å²) in [5.74, 6) is 0. The van der Waals surface area contributed by atoms with E-state index in [1.54, 1.807) is 0 Å². The summed E-state index contributed by atoms with van der Waals surface area (Å²) in [5.41, 5.74) is -0.0908. The summed E-state index contributed by atoms with van der Waals surface area (Å²) in [4.78, 5) is 2.35. The van der Waals surface area contributed by atoms with Crippen LogP contribution in [0.2, 0.25) is 0 Å². The zero-order chi connectivity index (χ0) is 11.9. The van der Waals surface area contributed by atoms with E-state index in [4.69, 9.17) is 0 Å². The summed E-state index contributed by atoms with van der Waals surface area (Å²) in [7, 11) is 0. The molecule has 2 unspecified atom stereocenters. The number of hydrogen-bond acceptors (Lipinski definition) is 2. The minimum absolute atomic E-state index is 0.0908. The van der Waals surface area contributed by atoms with Gasteiger partial charge in [0, 0.05) is 5.54 Å². The van der Waals surface area contributed by atoms with Crippen molar-refractivity contribution in [2.24, 2.45) is 0 Å². The van der Waals surface area contributed by atoms with Crippen molar-refractivity contribution in [3.63, 3.8) is 0 Å². The zero-order valence-electron chi connectivity index (χ0n) is 10.8. The lowest BCUT2D eigenvalue weighted by Crippen LogP contribution is -2.54. The van der Waals surface area contributed by atoms with Gasteiger partial charge in [-0.15, -0.1) is 6.58 Å². The summed E-state index contributed by atoms with van der Waals surface area (Å²) in [6.07, 6.45) is 4.29. The summed E-state index contributed by atoms with van der Waals surface area (Å²) in [6, 6.07) is 0. The Balaban J connectivity index is 4.57. The van der Waals surface area contributed by atoms with Gasteiger partial charge in [0.15, 0.2) is 0 Å². The maximum Gasteiger partial charge on any atom is 0.0724 e. The molecule has 2 nitrogen and oxygen atoms in total. The molecular formula is C13H27NO. The fourth-order valence-electron chi connectivity index (χ4n) is 2.20. The van der Waals surface area contributed by atoms with Crippen molar-refractivity contribution >= 4 is 0 Å². The number of nitrogens with zero attached hydrogens (tertiary/aromatic N) is 1. The Kier molecular flexibility index (Phi) is 6.86. The van der Waals surface area contributed by atoms with Gasteiger partial charge in [0.2, 0.25) is 0 Å². The highest BCUT2D eigenvalue weighted by Crippen LogP contribution is 2.26. The van der Waals surface area contributed by atoms with Crippen molar-refractivity contribution in [3.05, 3.63) is 12.7 Å². The molecule has 0 aromatic rings. The second-order valence-corrected chi connectivity index (χ2v) is 4.26. The molecule has 0 aliphatic carbocycles. The van der Waals surface area contributed by atoms with Crippen LogP contribution >= 0.6 is 0 Å². The minimum atomic E-state index is -0.264. The van der Waals surface area contributed by atoms with Crippen LogP contribution in [0, 0.1) is 0 Å². The second kappa shape index (κ2) is 7.02. The fraction of sp³-hybridized carbons (Fsp3) is 0.846. The van der Waals surface area contributed by atoms with Gasteiger partial charge in [0.25, 0.3) is 0 Å². The molecule has 0 spiro atoms. The zero-order valence-corrected chi connectivity index (χ0v) is 10.8.